The highest BCUT2D eigenvalue weighted by atomic mass is 32.2. The zero-order chi connectivity index (χ0) is 15.8. The summed E-state index contributed by atoms with van der Waals surface area (Å²) in [6, 6.07) is -0.814. The van der Waals surface area contributed by atoms with Crippen LogP contribution in [0.15, 0.2) is 0 Å². The van der Waals surface area contributed by atoms with Crippen LogP contribution in [0.4, 0.5) is 4.79 Å². The molecular weight excluding hydrogens is 288 g/mol. The molecule has 0 aromatic carbocycles. The van der Waals surface area contributed by atoms with Crippen LogP contribution in [0.1, 0.15) is 45.4 Å². The maximum atomic E-state index is 12.2. The first-order valence-corrected chi connectivity index (χ1v) is 9.14. The highest BCUT2D eigenvalue weighted by Crippen LogP contribution is 2.28. The van der Waals surface area contributed by atoms with Gasteiger partial charge in [0, 0.05) is 13.1 Å². The van der Waals surface area contributed by atoms with Crippen LogP contribution in [0.25, 0.3) is 0 Å². The lowest BCUT2D eigenvalue weighted by Gasteiger charge is -2.35. The van der Waals surface area contributed by atoms with Crippen molar-refractivity contribution in [3.05, 3.63) is 0 Å². The van der Waals surface area contributed by atoms with Gasteiger partial charge in [-0.1, -0.05) is 13.3 Å². The van der Waals surface area contributed by atoms with E-state index < -0.39 is 12.0 Å². The molecule has 122 valence electrons. The van der Waals surface area contributed by atoms with E-state index in [0.717, 1.165) is 37.4 Å². The van der Waals surface area contributed by atoms with Crippen LogP contribution in [-0.2, 0) is 4.79 Å². The fourth-order valence-corrected chi connectivity index (χ4v) is 3.32. The van der Waals surface area contributed by atoms with Crippen molar-refractivity contribution < 1.29 is 14.7 Å². The van der Waals surface area contributed by atoms with Gasteiger partial charge in [-0.15, -0.1) is 0 Å². The molecule has 0 aromatic rings. The number of hydrogen-bond acceptors (Lipinski definition) is 3. The predicted molar refractivity (Wildman–Crippen MR) is 86.8 cm³/mol. The Hall–Kier alpha value is -0.910. The van der Waals surface area contributed by atoms with E-state index in [9.17, 15) is 9.59 Å². The molecule has 1 saturated carbocycles. The van der Waals surface area contributed by atoms with Crippen molar-refractivity contribution in [3.8, 4) is 0 Å². The van der Waals surface area contributed by atoms with Crippen LogP contribution >= 0.6 is 11.8 Å². The minimum absolute atomic E-state index is 0.239. The number of carboxylic acid groups (broad SMARTS) is 1. The maximum absolute atomic E-state index is 12.2. The molecule has 0 aliphatic heterocycles. The third-order valence-corrected chi connectivity index (χ3v) is 5.11. The van der Waals surface area contributed by atoms with E-state index in [2.05, 4.69) is 12.2 Å². The third kappa shape index (κ3) is 5.77. The summed E-state index contributed by atoms with van der Waals surface area (Å²) in [4.78, 5) is 25.1. The van der Waals surface area contributed by atoms with Crippen molar-refractivity contribution >= 4 is 23.8 Å². The minimum atomic E-state index is -0.958. The molecule has 0 radical (unpaired) electrons. The normalized spacial score (nSPS) is 23.4. The topological polar surface area (TPSA) is 69.6 Å². The van der Waals surface area contributed by atoms with E-state index in [-0.39, 0.29) is 12.1 Å². The number of amides is 2. The lowest BCUT2D eigenvalue weighted by atomic mass is 9.84. The van der Waals surface area contributed by atoms with Gasteiger partial charge in [-0.25, -0.2) is 9.59 Å². The molecule has 1 aliphatic rings. The molecule has 0 spiro atoms. The van der Waals surface area contributed by atoms with Gasteiger partial charge in [0.2, 0.25) is 0 Å². The molecule has 5 nitrogen and oxygen atoms in total. The fraction of sp³-hybridized carbons (Fsp3) is 0.867. The fourth-order valence-electron chi connectivity index (χ4n) is 2.85. The molecule has 0 saturated heterocycles. The number of carbonyl (C=O) groups is 2. The Balaban J connectivity index is 2.47. The number of nitrogens with one attached hydrogen (secondary N) is 1. The number of hydrogen-bond donors (Lipinski definition) is 2. The number of aliphatic carboxylic acids is 1. The number of carboxylic acids is 1. The Kier molecular flexibility index (Phi) is 7.93. The Morgan fingerprint density at radius 1 is 1.33 bits per heavy atom. The van der Waals surface area contributed by atoms with Crippen molar-refractivity contribution in [2.24, 2.45) is 5.92 Å². The van der Waals surface area contributed by atoms with E-state index in [4.69, 9.17) is 5.11 Å². The summed E-state index contributed by atoms with van der Waals surface area (Å²) < 4.78 is 0. The highest BCUT2D eigenvalue weighted by Gasteiger charge is 2.28. The molecule has 1 rings (SSSR count). The maximum Gasteiger partial charge on any atom is 0.326 e. The number of thioether (sulfide) groups is 1. The van der Waals surface area contributed by atoms with E-state index in [1.165, 1.54) is 6.42 Å². The van der Waals surface area contributed by atoms with Gasteiger partial charge in [0.05, 0.1) is 0 Å². The first-order valence-electron chi connectivity index (χ1n) is 7.74. The molecule has 0 bridgehead atoms. The zero-order valence-electron chi connectivity index (χ0n) is 13.3. The van der Waals surface area contributed by atoms with Crippen molar-refractivity contribution in [1.82, 2.24) is 10.2 Å². The summed E-state index contributed by atoms with van der Waals surface area (Å²) in [6.07, 6.45) is 7.95. The molecule has 1 fully saturated rings. The molecule has 21 heavy (non-hydrogen) atoms. The van der Waals surface area contributed by atoms with E-state index in [1.807, 2.05) is 6.26 Å². The number of carbonyl (C=O) groups excluding carboxylic acids is 1. The van der Waals surface area contributed by atoms with Crippen LogP contribution in [-0.4, -0.2) is 53.1 Å². The first kappa shape index (κ1) is 18.1. The van der Waals surface area contributed by atoms with Gasteiger partial charge in [-0.2, -0.15) is 11.8 Å². The highest BCUT2D eigenvalue weighted by molar-refractivity contribution is 7.98. The Labute approximate surface area is 131 Å². The quantitative estimate of drug-likeness (QED) is 0.758. The van der Waals surface area contributed by atoms with Gasteiger partial charge in [0.15, 0.2) is 0 Å². The lowest BCUT2D eigenvalue weighted by molar-refractivity contribution is -0.139. The Morgan fingerprint density at radius 3 is 2.43 bits per heavy atom. The molecule has 2 N–H and O–H groups in total. The van der Waals surface area contributed by atoms with E-state index in [0.29, 0.717) is 6.42 Å². The van der Waals surface area contributed by atoms with Crippen LogP contribution in [0, 0.1) is 5.92 Å². The monoisotopic (exact) mass is 316 g/mol. The van der Waals surface area contributed by atoms with Gasteiger partial charge in [-0.3, -0.25) is 0 Å². The Morgan fingerprint density at radius 2 is 1.95 bits per heavy atom. The van der Waals surface area contributed by atoms with Crippen LogP contribution in [0.2, 0.25) is 0 Å². The van der Waals surface area contributed by atoms with Gasteiger partial charge in [0.25, 0.3) is 0 Å². The second kappa shape index (κ2) is 9.18. The number of rotatable bonds is 7. The van der Waals surface area contributed by atoms with Crippen molar-refractivity contribution in [2.45, 2.75) is 57.5 Å². The van der Waals surface area contributed by atoms with Crippen LogP contribution in [0.5, 0.6) is 0 Å². The second-order valence-corrected chi connectivity index (χ2v) is 6.80. The van der Waals surface area contributed by atoms with Gasteiger partial charge < -0.3 is 15.3 Å². The average molecular weight is 316 g/mol. The van der Waals surface area contributed by atoms with Crippen molar-refractivity contribution in [3.63, 3.8) is 0 Å². The molecule has 1 atom stereocenters. The molecule has 0 unspecified atom stereocenters. The molecule has 0 heterocycles. The summed E-state index contributed by atoms with van der Waals surface area (Å²) in [5.41, 5.74) is 0. The van der Waals surface area contributed by atoms with Crippen LogP contribution < -0.4 is 5.32 Å². The molecule has 2 amide bonds. The lowest BCUT2D eigenvalue weighted by Crippen LogP contribution is -2.50. The minimum Gasteiger partial charge on any atom is -0.480 e. The summed E-state index contributed by atoms with van der Waals surface area (Å²) in [7, 11) is 1.78. The Bertz CT molecular complexity index is 344. The largest absolute Gasteiger partial charge is 0.480 e. The molecule has 6 heteroatoms. The molecular formula is C15H28N2O3S. The second-order valence-electron chi connectivity index (χ2n) is 5.82. The SMILES string of the molecule is CCC1CCC(N(C)C(=O)N[C@@H](CCSC)C(=O)O)CC1. The number of nitrogens with zero attached hydrogens (tertiary/aromatic N) is 1. The standard InChI is InChI=1S/C15H28N2O3S/c1-4-11-5-7-12(8-6-11)17(2)15(20)16-13(14(18)19)9-10-21-3/h11-13H,4-10H2,1-3H3,(H,16,20)(H,18,19)/t11?,12?,13-/m0/s1. The predicted octanol–water partition coefficient (Wildman–Crippen LogP) is 2.80. The van der Waals surface area contributed by atoms with Gasteiger partial charge in [0.1, 0.15) is 6.04 Å². The third-order valence-electron chi connectivity index (χ3n) is 4.47. The summed E-state index contributed by atoms with van der Waals surface area (Å²) >= 11 is 1.59. The summed E-state index contributed by atoms with van der Waals surface area (Å²) in [6.45, 7) is 2.21. The van der Waals surface area contributed by atoms with E-state index in [1.54, 1.807) is 23.7 Å². The van der Waals surface area contributed by atoms with Gasteiger partial charge in [-0.05, 0) is 50.0 Å². The number of urea groups is 1. The van der Waals surface area contributed by atoms with Crippen molar-refractivity contribution in [1.29, 1.82) is 0 Å². The molecule has 0 aromatic heterocycles. The first-order chi connectivity index (χ1) is 9.99. The smallest absolute Gasteiger partial charge is 0.326 e. The summed E-state index contributed by atoms with van der Waals surface area (Å²) in [5, 5.41) is 11.8. The zero-order valence-corrected chi connectivity index (χ0v) is 14.1. The van der Waals surface area contributed by atoms with Crippen LogP contribution in [0.3, 0.4) is 0 Å². The summed E-state index contributed by atoms with van der Waals surface area (Å²) in [5.74, 6) is 0.550. The average Bonchev–Trinajstić information content (AvgIpc) is 2.50. The molecule has 1 aliphatic carbocycles. The van der Waals surface area contributed by atoms with Crippen molar-refractivity contribution in [2.75, 3.05) is 19.1 Å². The van der Waals surface area contributed by atoms with E-state index >= 15 is 0 Å². The van der Waals surface area contributed by atoms with Gasteiger partial charge >= 0.3 is 12.0 Å².